The minimum Gasteiger partial charge on any atom is -0.493 e. The number of nitrogens with one attached hydrogen (secondary N) is 2. The van der Waals surface area contributed by atoms with Crippen molar-refractivity contribution in [2.75, 3.05) is 26.6 Å². The lowest BCUT2D eigenvalue weighted by atomic mass is 10.1. The number of pyridine rings is 1. The molecule has 166 valence electrons. The summed E-state index contributed by atoms with van der Waals surface area (Å²) in [5.41, 5.74) is 1.38. The number of rotatable bonds is 7. The summed E-state index contributed by atoms with van der Waals surface area (Å²) < 4.78 is 29.5. The third-order valence-corrected chi connectivity index (χ3v) is 4.37. The van der Waals surface area contributed by atoms with Crippen LogP contribution in [0.5, 0.6) is 17.2 Å². The monoisotopic (exact) mass is 438 g/mol. The molecular weight excluding hydrogens is 415 g/mol. The quantitative estimate of drug-likeness (QED) is 0.432. The molecule has 0 radical (unpaired) electrons. The van der Waals surface area contributed by atoms with E-state index >= 15 is 0 Å². The van der Waals surface area contributed by atoms with E-state index in [1.165, 1.54) is 45.6 Å². The first kappa shape index (κ1) is 22.5. The van der Waals surface area contributed by atoms with Crippen LogP contribution >= 0.6 is 0 Å². The van der Waals surface area contributed by atoms with Crippen LogP contribution < -0.4 is 24.8 Å². The van der Waals surface area contributed by atoms with Crippen molar-refractivity contribution in [3.63, 3.8) is 0 Å². The van der Waals surface area contributed by atoms with Crippen molar-refractivity contribution in [2.24, 2.45) is 4.99 Å². The molecule has 0 fully saturated rings. The van der Waals surface area contributed by atoms with Crippen LogP contribution in [-0.4, -0.2) is 38.2 Å². The highest BCUT2D eigenvalue weighted by Crippen LogP contribution is 2.38. The Morgan fingerprint density at radius 3 is 2.34 bits per heavy atom. The summed E-state index contributed by atoms with van der Waals surface area (Å²) in [6.07, 6.45) is 1.65. The molecule has 0 aliphatic heterocycles. The highest BCUT2D eigenvalue weighted by molar-refractivity contribution is 6.10. The topological polar surface area (TPSA) is 94.1 Å². The predicted octanol–water partition coefficient (Wildman–Crippen LogP) is 3.64. The third-order valence-electron chi connectivity index (χ3n) is 4.37. The lowest BCUT2D eigenvalue weighted by Crippen LogP contribution is -2.36. The first-order valence-electron chi connectivity index (χ1n) is 9.62. The van der Waals surface area contributed by atoms with Gasteiger partial charge in [0.15, 0.2) is 11.5 Å². The van der Waals surface area contributed by atoms with Gasteiger partial charge in [-0.05, 0) is 42.5 Å². The summed E-state index contributed by atoms with van der Waals surface area (Å²) in [5.74, 6) is 0.264. The smallest absolute Gasteiger partial charge is 0.258 e. The molecule has 32 heavy (non-hydrogen) atoms. The molecule has 1 heterocycles. The minimum atomic E-state index is -0.479. The molecule has 2 N–H and O–H groups in total. The highest BCUT2D eigenvalue weighted by Gasteiger charge is 2.18. The lowest BCUT2D eigenvalue weighted by molar-refractivity contribution is 0.0976. The van der Waals surface area contributed by atoms with Gasteiger partial charge < -0.3 is 19.5 Å². The van der Waals surface area contributed by atoms with E-state index < -0.39 is 11.7 Å². The number of amides is 1. The van der Waals surface area contributed by atoms with Crippen LogP contribution in [0.1, 0.15) is 16.1 Å². The van der Waals surface area contributed by atoms with Crippen LogP contribution in [-0.2, 0) is 6.54 Å². The zero-order valence-corrected chi connectivity index (χ0v) is 17.9. The van der Waals surface area contributed by atoms with Crippen molar-refractivity contribution in [3.05, 3.63) is 77.9 Å². The van der Waals surface area contributed by atoms with E-state index in [4.69, 9.17) is 14.2 Å². The molecule has 0 atom stereocenters. The van der Waals surface area contributed by atoms with Crippen molar-refractivity contribution in [2.45, 2.75) is 6.54 Å². The number of hydrogen-bond acceptors (Lipinski definition) is 6. The number of aliphatic imine (C=N–C) groups is 1. The maximum atomic E-state index is 13.6. The summed E-state index contributed by atoms with van der Waals surface area (Å²) in [5, 5.41) is 5.64. The summed E-state index contributed by atoms with van der Waals surface area (Å²) >= 11 is 0. The number of ether oxygens (including phenoxy) is 3. The molecule has 0 saturated carbocycles. The average molecular weight is 438 g/mol. The number of carbonyl (C=O) groups is 1. The molecule has 0 saturated heterocycles. The van der Waals surface area contributed by atoms with Crippen LogP contribution in [0, 0.1) is 5.82 Å². The molecule has 1 aromatic heterocycles. The summed E-state index contributed by atoms with van der Waals surface area (Å²) in [4.78, 5) is 21.6. The van der Waals surface area contributed by atoms with Gasteiger partial charge in [-0.3, -0.25) is 15.1 Å². The van der Waals surface area contributed by atoms with Gasteiger partial charge in [0.05, 0.1) is 33.6 Å². The number of guanidine groups is 1. The van der Waals surface area contributed by atoms with E-state index in [-0.39, 0.29) is 18.1 Å². The Morgan fingerprint density at radius 2 is 1.75 bits per heavy atom. The Labute approximate surface area is 185 Å². The van der Waals surface area contributed by atoms with Crippen molar-refractivity contribution in [3.8, 4) is 17.2 Å². The normalized spacial score (nSPS) is 10.9. The Hall–Kier alpha value is -4.14. The molecule has 0 spiro atoms. The number of halogens is 1. The van der Waals surface area contributed by atoms with Gasteiger partial charge in [-0.1, -0.05) is 12.1 Å². The second kappa shape index (κ2) is 10.8. The first-order chi connectivity index (χ1) is 15.5. The molecule has 3 rings (SSSR count). The average Bonchev–Trinajstić information content (AvgIpc) is 2.82. The fourth-order valence-electron chi connectivity index (χ4n) is 2.86. The van der Waals surface area contributed by atoms with Crippen LogP contribution in [0.3, 0.4) is 0 Å². The zero-order valence-electron chi connectivity index (χ0n) is 17.9. The van der Waals surface area contributed by atoms with Gasteiger partial charge in [-0.15, -0.1) is 0 Å². The zero-order chi connectivity index (χ0) is 22.9. The number of benzene rings is 2. The molecule has 0 aliphatic carbocycles. The van der Waals surface area contributed by atoms with E-state index in [1.807, 2.05) is 12.1 Å². The van der Waals surface area contributed by atoms with Crippen LogP contribution in [0.2, 0.25) is 0 Å². The van der Waals surface area contributed by atoms with Crippen molar-refractivity contribution in [1.82, 2.24) is 10.3 Å². The molecule has 3 aromatic rings. The van der Waals surface area contributed by atoms with Gasteiger partial charge in [0.2, 0.25) is 11.7 Å². The molecular formula is C23H23FN4O4. The van der Waals surface area contributed by atoms with Gasteiger partial charge in [0.25, 0.3) is 5.91 Å². The van der Waals surface area contributed by atoms with Crippen molar-refractivity contribution in [1.29, 1.82) is 0 Å². The van der Waals surface area contributed by atoms with E-state index in [1.54, 1.807) is 24.4 Å². The Balaban J connectivity index is 1.88. The molecule has 8 nitrogen and oxygen atoms in total. The largest absolute Gasteiger partial charge is 0.493 e. The fraction of sp³-hybridized carbons (Fsp3) is 0.174. The number of nitrogens with zero attached hydrogens (tertiary/aromatic N) is 2. The Kier molecular flexibility index (Phi) is 7.58. The van der Waals surface area contributed by atoms with Crippen LogP contribution in [0.15, 0.2) is 65.8 Å². The van der Waals surface area contributed by atoms with Gasteiger partial charge in [0, 0.05) is 17.4 Å². The van der Waals surface area contributed by atoms with Gasteiger partial charge in [-0.2, -0.15) is 0 Å². The number of methoxy groups -OCH3 is 3. The number of aromatic nitrogens is 1. The van der Waals surface area contributed by atoms with Crippen molar-refractivity contribution < 1.29 is 23.4 Å². The van der Waals surface area contributed by atoms with Gasteiger partial charge >= 0.3 is 0 Å². The molecule has 9 heteroatoms. The number of anilines is 1. The number of hydrogen-bond donors (Lipinski definition) is 2. The summed E-state index contributed by atoms with van der Waals surface area (Å²) in [7, 11) is 4.40. The summed E-state index contributed by atoms with van der Waals surface area (Å²) in [6, 6.07) is 14.3. The molecule has 0 unspecified atom stereocenters. The molecule has 1 amide bonds. The molecule has 0 bridgehead atoms. The van der Waals surface area contributed by atoms with Crippen LogP contribution in [0.4, 0.5) is 10.1 Å². The van der Waals surface area contributed by atoms with E-state index in [0.717, 1.165) is 0 Å². The maximum absolute atomic E-state index is 13.6. The number of carbonyl (C=O) groups excluding carboxylic acids is 1. The molecule has 0 aliphatic rings. The van der Waals surface area contributed by atoms with Gasteiger partial charge in [-0.25, -0.2) is 9.38 Å². The third kappa shape index (κ3) is 5.72. The predicted molar refractivity (Wildman–Crippen MR) is 119 cm³/mol. The standard InChI is InChI=1S/C23H23FN4O4/c1-30-19-11-15(12-20(31-2)21(19)32-3)22(29)28-23(26-14-18-8-4-5-10-25-18)27-17-9-6-7-16(24)13-17/h4-13H,14H2,1-3H3,(H2,26,27,28,29). The first-order valence-corrected chi connectivity index (χ1v) is 9.62. The second-order valence-electron chi connectivity index (χ2n) is 6.49. The fourth-order valence-corrected chi connectivity index (χ4v) is 2.86. The SMILES string of the molecule is COc1cc(C(=O)NC(=NCc2ccccn2)Nc2cccc(F)c2)cc(OC)c1OC. The summed E-state index contributed by atoms with van der Waals surface area (Å²) in [6.45, 7) is 0.202. The van der Waals surface area contributed by atoms with Crippen molar-refractivity contribution >= 4 is 17.6 Å². The van der Waals surface area contributed by atoms with Gasteiger partial charge in [0.1, 0.15) is 5.82 Å². The van der Waals surface area contributed by atoms with E-state index in [9.17, 15) is 9.18 Å². The maximum Gasteiger partial charge on any atom is 0.258 e. The minimum absolute atomic E-state index is 0.125. The Bertz CT molecular complexity index is 1080. The Morgan fingerprint density at radius 1 is 1.00 bits per heavy atom. The van der Waals surface area contributed by atoms with E-state index in [0.29, 0.717) is 28.6 Å². The second-order valence-corrected chi connectivity index (χ2v) is 6.49. The van der Waals surface area contributed by atoms with Crippen LogP contribution in [0.25, 0.3) is 0 Å². The van der Waals surface area contributed by atoms with E-state index in [2.05, 4.69) is 20.6 Å². The highest BCUT2D eigenvalue weighted by atomic mass is 19.1. The lowest BCUT2D eigenvalue weighted by Gasteiger charge is -2.15. The molecule has 2 aromatic carbocycles.